The van der Waals surface area contributed by atoms with Crippen LogP contribution in [0.3, 0.4) is 0 Å². The number of hydrogen-bond acceptors (Lipinski definition) is 2. The minimum atomic E-state index is -0.0386. The summed E-state index contributed by atoms with van der Waals surface area (Å²) < 4.78 is 0. The van der Waals surface area contributed by atoms with Crippen LogP contribution in [0.4, 0.5) is 0 Å². The van der Waals surface area contributed by atoms with Gasteiger partial charge < -0.3 is 4.98 Å². The first kappa shape index (κ1) is 11.6. The molecule has 1 N–H and O–H groups in total. The fraction of sp³-hybridized carbons (Fsp3) is 0.294. The summed E-state index contributed by atoms with van der Waals surface area (Å²) in [5, 5.41) is 0. The molecule has 100 valence electrons. The van der Waals surface area contributed by atoms with Crippen molar-refractivity contribution in [3.05, 3.63) is 57.9 Å². The van der Waals surface area contributed by atoms with E-state index in [1.165, 1.54) is 6.42 Å². The van der Waals surface area contributed by atoms with Gasteiger partial charge in [0.1, 0.15) is 0 Å². The Bertz CT molecular complexity index is 739. The Balaban J connectivity index is 1.97. The lowest BCUT2D eigenvalue weighted by Crippen LogP contribution is -2.21. The van der Waals surface area contributed by atoms with Crippen molar-refractivity contribution in [2.75, 3.05) is 0 Å². The molecule has 0 amide bonds. The highest BCUT2D eigenvalue weighted by atomic mass is 16.1. The van der Waals surface area contributed by atoms with Crippen molar-refractivity contribution in [2.45, 2.75) is 32.1 Å². The number of rotatable bonds is 0. The van der Waals surface area contributed by atoms with Crippen LogP contribution in [0.2, 0.25) is 0 Å². The molecule has 0 saturated carbocycles. The number of benzene rings is 1. The Morgan fingerprint density at radius 3 is 2.35 bits per heavy atom. The zero-order chi connectivity index (χ0) is 13.7. The summed E-state index contributed by atoms with van der Waals surface area (Å²) in [6.07, 6.45) is 5.26. The van der Waals surface area contributed by atoms with Gasteiger partial charge in [-0.3, -0.25) is 9.59 Å². The van der Waals surface area contributed by atoms with Crippen molar-refractivity contribution in [3.8, 4) is 0 Å². The van der Waals surface area contributed by atoms with Crippen molar-refractivity contribution < 1.29 is 9.59 Å². The van der Waals surface area contributed by atoms with Crippen LogP contribution in [0.5, 0.6) is 0 Å². The second kappa shape index (κ2) is 4.17. The van der Waals surface area contributed by atoms with E-state index >= 15 is 0 Å². The van der Waals surface area contributed by atoms with Crippen LogP contribution in [-0.2, 0) is 12.8 Å². The average molecular weight is 265 g/mol. The minimum absolute atomic E-state index is 0.00889. The van der Waals surface area contributed by atoms with E-state index in [9.17, 15) is 9.59 Å². The molecule has 1 aromatic carbocycles. The Morgan fingerprint density at radius 1 is 0.850 bits per heavy atom. The molecular formula is C17H15NO2. The molecule has 2 aliphatic rings. The Kier molecular flexibility index (Phi) is 2.43. The number of ketones is 2. The molecule has 0 aliphatic heterocycles. The Hall–Kier alpha value is -2.16. The van der Waals surface area contributed by atoms with Crippen molar-refractivity contribution in [2.24, 2.45) is 0 Å². The van der Waals surface area contributed by atoms with Crippen LogP contribution in [-0.4, -0.2) is 16.6 Å². The predicted octanol–water partition coefficient (Wildman–Crippen LogP) is 3.06. The number of nitrogens with one attached hydrogen (secondary N) is 1. The fourth-order valence-electron chi connectivity index (χ4n) is 3.43. The monoisotopic (exact) mass is 265 g/mol. The first-order chi connectivity index (χ1) is 9.77. The Labute approximate surface area is 117 Å². The third kappa shape index (κ3) is 1.46. The second-order valence-electron chi connectivity index (χ2n) is 5.60. The molecule has 4 rings (SSSR count). The lowest BCUT2D eigenvalue weighted by Gasteiger charge is -2.15. The van der Waals surface area contributed by atoms with E-state index in [1.54, 1.807) is 12.1 Å². The van der Waals surface area contributed by atoms with E-state index in [2.05, 4.69) is 4.98 Å². The molecule has 0 atom stereocenters. The lowest BCUT2D eigenvalue weighted by molar-refractivity contribution is 0.0976. The number of aromatic amines is 1. The molecule has 0 unspecified atom stereocenters. The maximum absolute atomic E-state index is 12.7. The summed E-state index contributed by atoms with van der Waals surface area (Å²) in [6.45, 7) is 0. The number of fused-ring (bicyclic) bond motifs is 4. The maximum atomic E-state index is 12.7. The highest BCUT2D eigenvalue weighted by Crippen LogP contribution is 2.33. The van der Waals surface area contributed by atoms with Crippen molar-refractivity contribution >= 4 is 11.6 Å². The van der Waals surface area contributed by atoms with Crippen LogP contribution in [0.15, 0.2) is 24.3 Å². The Morgan fingerprint density at radius 2 is 1.55 bits per heavy atom. The number of carbonyl (C=O) groups excluding carboxylic acids is 2. The van der Waals surface area contributed by atoms with Crippen molar-refractivity contribution in [3.63, 3.8) is 0 Å². The molecule has 1 heterocycles. The molecular weight excluding hydrogens is 250 g/mol. The number of hydrogen-bond donors (Lipinski definition) is 1. The number of H-pyrrole nitrogens is 1. The largest absolute Gasteiger partial charge is 0.355 e. The summed E-state index contributed by atoms with van der Waals surface area (Å²) in [4.78, 5) is 28.5. The number of aromatic nitrogens is 1. The molecule has 1 aromatic heterocycles. The van der Waals surface area contributed by atoms with E-state index in [1.807, 2.05) is 12.1 Å². The van der Waals surface area contributed by atoms with Gasteiger partial charge in [-0.2, -0.15) is 0 Å². The summed E-state index contributed by atoms with van der Waals surface area (Å²) in [5.74, 6) is -0.0297. The predicted molar refractivity (Wildman–Crippen MR) is 75.4 cm³/mol. The van der Waals surface area contributed by atoms with Gasteiger partial charge in [-0.05, 0) is 31.2 Å². The second-order valence-corrected chi connectivity index (χ2v) is 5.60. The average Bonchev–Trinajstić information content (AvgIpc) is 2.68. The smallest absolute Gasteiger partial charge is 0.210 e. The lowest BCUT2D eigenvalue weighted by atomic mass is 9.85. The van der Waals surface area contributed by atoms with Gasteiger partial charge in [0.25, 0.3) is 0 Å². The molecule has 2 aliphatic carbocycles. The SMILES string of the molecule is O=C1c2ccccc2C(=O)c2c1[nH]c1c2CCCCC1. The van der Waals surface area contributed by atoms with Crippen LogP contribution >= 0.6 is 0 Å². The number of aryl methyl sites for hydroxylation is 1. The minimum Gasteiger partial charge on any atom is -0.355 e. The van der Waals surface area contributed by atoms with E-state index in [-0.39, 0.29) is 11.6 Å². The highest BCUT2D eigenvalue weighted by Gasteiger charge is 2.34. The topological polar surface area (TPSA) is 49.9 Å². The van der Waals surface area contributed by atoms with E-state index in [0.29, 0.717) is 22.4 Å². The zero-order valence-electron chi connectivity index (χ0n) is 11.2. The summed E-state index contributed by atoms with van der Waals surface area (Å²) in [7, 11) is 0. The maximum Gasteiger partial charge on any atom is 0.210 e. The molecule has 2 aromatic rings. The molecule has 0 spiro atoms. The van der Waals surface area contributed by atoms with Gasteiger partial charge in [0.05, 0.1) is 11.3 Å². The first-order valence-corrected chi connectivity index (χ1v) is 7.19. The summed E-state index contributed by atoms with van der Waals surface area (Å²) in [5.41, 5.74) is 4.43. The summed E-state index contributed by atoms with van der Waals surface area (Å²) in [6, 6.07) is 7.13. The molecule has 0 radical (unpaired) electrons. The summed E-state index contributed by atoms with van der Waals surface area (Å²) >= 11 is 0. The normalized spacial score (nSPS) is 17.2. The zero-order valence-corrected chi connectivity index (χ0v) is 11.2. The van der Waals surface area contributed by atoms with Crippen LogP contribution < -0.4 is 0 Å². The standard InChI is InChI=1S/C17H15NO2/c19-16-10-6-4-5-7-11(10)17(20)15-14(16)12-8-2-1-3-9-13(12)18-15/h4-7,18H,1-3,8-9H2. The van der Waals surface area contributed by atoms with E-state index in [4.69, 9.17) is 0 Å². The molecule has 0 saturated heterocycles. The third-order valence-electron chi connectivity index (χ3n) is 4.42. The highest BCUT2D eigenvalue weighted by molar-refractivity contribution is 6.28. The van der Waals surface area contributed by atoms with Gasteiger partial charge in [-0.25, -0.2) is 0 Å². The molecule has 3 heteroatoms. The molecule has 3 nitrogen and oxygen atoms in total. The van der Waals surface area contributed by atoms with Gasteiger partial charge in [0.2, 0.25) is 5.78 Å². The van der Waals surface area contributed by atoms with Gasteiger partial charge in [0, 0.05) is 16.8 Å². The van der Waals surface area contributed by atoms with Gasteiger partial charge in [-0.1, -0.05) is 30.7 Å². The van der Waals surface area contributed by atoms with Crippen molar-refractivity contribution in [1.29, 1.82) is 0 Å². The molecule has 0 fully saturated rings. The van der Waals surface area contributed by atoms with E-state index in [0.717, 1.165) is 36.9 Å². The quantitative estimate of drug-likeness (QED) is 0.635. The molecule has 20 heavy (non-hydrogen) atoms. The fourth-order valence-corrected chi connectivity index (χ4v) is 3.43. The van der Waals surface area contributed by atoms with Crippen LogP contribution in [0, 0.1) is 0 Å². The van der Waals surface area contributed by atoms with Crippen LogP contribution in [0.1, 0.15) is 62.5 Å². The van der Waals surface area contributed by atoms with Crippen molar-refractivity contribution in [1.82, 2.24) is 4.98 Å². The third-order valence-corrected chi connectivity index (χ3v) is 4.42. The van der Waals surface area contributed by atoms with Crippen LogP contribution in [0.25, 0.3) is 0 Å². The van der Waals surface area contributed by atoms with Gasteiger partial charge in [-0.15, -0.1) is 0 Å². The van der Waals surface area contributed by atoms with Gasteiger partial charge in [0.15, 0.2) is 5.78 Å². The van der Waals surface area contributed by atoms with Gasteiger partial charge >= 0.3 is 0 Å². The first-order valence-electron chi connectivity index (χ1n) is 7.19. The molecule has 0 bridgehead atoms. The number of carbonyl (C=O) groups is 2. The van der Waals surface area contributed by atoms with E-state index < -0.39 is 0 Å².